The fourth-order valence-electron chi connectivity index (χ4n) is 1.84. The highest BCUT2D eigenvalue weighted by atomic mass is 16.5. The molecule has 0 saturated carbocycles. The van der Waals surface area contributed by atoms with Crippen molar-refractivity contribution in [1.29, 1.82) is 0 Å². The molecule has 0 N–H and O–H groups in total. The predicted molar refractivity (Wildman–Crippen MR) is 62.0 cm³/mol. The van der Waals surface area contributed by atoms with Crippen molar-refractivity contribution >= 4 is 0 Å². The highest BCUT2D eigenvalue weighted by Gasteiger charge is 2.10. The Balaban J connectivity index is 1.90. The van der Waals surface area contributed by atoms with Gasteiger partial charge in [-0.3, -0.25) is 4.90 Å². The Hall–Kier alpha value is -1.26. The normalized spacial score (nSPS) is 17.2. The first-order valence-corrected chi connectivity index (χ1v) is 5.55. The third-order valence-electron chi connectivity index (χ3n) is 2.78. The van der Waals surface area contributed by atoms with Crippen molar-refractivity contribution in [3.8, 4) is 0 Å². The molecule has 0 spiro atoms. The van der Waals surface area contributed by atoms with Crippen molar-refractivity contribution < 1.29 is 4.74 Å². The van der Waals surface area contributed by atoms with Crippen LogP contribution in [0.3, 0.4) is 0 Å². The van der Waals surface area contributed by atoms with E-state index in [1.54, 1.807) is 0 Å². The molecule has 0 unspecified atom stereocenters. The number of nitroso groups, excluding NO2 is 1. The van der Waals surface area contributed by atoms with Gasteiger partial charge >= 0.3 is 0 Å². The summed E-state index contributed by atoms with van der Waals surface area (Å²) in [5.41, 5.74) is 2.25. The SMILES string of the molecule is O=NCc1ccc(CN2CCOCC2)cc1. The maximum absolute atomic E-state index is 10.1. The third-order valence-corrected chi connectivity index (χ3v) is 2.78. The van der Waals surface area contributed by atoms with Gasteiger partial charge in [0.25, 0.3) is 0 Å². The van der Waals surface area contributed by atoms with Gasteiger partial charge in [0.15, 0.2) is 0 Å². The van der Waals surface area contributed by atoms with Crippen LogP contribution in [0.1, 0.15) is 11.1 Å². The van der Waals surface area contributed by atoms with E-state index in [9.17, 15) is 4.91 Å². The van der Waals surface area contributed by atoms with E-state index in [1.807, 2.05) is 12.1 Å². The molecular formula is C12H16N2O2. The average molecular weight is 220 g/mol. The van der Waals surface area contributed by atoms with E-state index < -0.39 is 0 Å². The Morgan fingerprint density at radius 1 is 1.12 bits per heavy atom. The van der Waals surface area contributed by atoms with E-state index in [0.717, 1.165) is 38.4 Å². The molecule has 0 aliphatic carbocycles. The van der Waals surface area contributed by atoms with E-state index >= 15 is 0 Å². The fraction of sp³-hybridized carbons (Fsp3) is 0.500. The molecule has 0 bridgehead atoms. The molecule has 1 aromatic carbocycles. The first-order valence-electron chi connectivity index (χ1n) is 5.55. The van der Waals surface area contributed by atoms with Gasteiger partial charge in [0.1, 0.15) is 6.54 Å². The molecule has 1 heterocycles. The van der Waals surface area contributed by atoms with Gasteiger partial charge in [0, 0.05) is 19.6 Å². The number of hydrogen-bond donors (Lipinski definition) is 0. The van der Waals surface area contributed by atoms with E-state index in [2.05, 4.69) is 22.2 Å². The number of nitrogens with zero attached hydrogens (tertiary/aromatic N) is 2. The van der Waals surface area contributed by atoms with Gasteiger partial charge in [-0.25, -0.2) is 0 Å². The van der Waals surface area contributed by atoms with Crippen molar-refractivity contribution in [1.82, 2.24) is 4.90 Å². The first-order chi connectivity index (χ1) is 7.88. The smallest absolute Gasteiger partial charge is 0.106 e. The van der Waals surface area contributed by atoms with Crippen molar-refractivity contribution in [3.05, 3.63) is 40.3 Å². The van der Waals surface area contributed by atoms with Crippen LogP contribution in [0.15, 0.2) is 29.4 Å². The van der Waals surface area contributed by atoms with Gasteiger partial charge in [0.2, 0.25) is 0 Å². The van der Waals surface area contributed by atoms with Crippen molar-refractivity contribution in [2.75, 3.05) is 26.3 Å². The standard InChI is InChI=1S/C12H16N2O2/c15-13-9-11-1-3-12(4-2-11)10-14-5-7-16-8-6-14/h1-4H,5-10H2. The molecule has 1 aliphatic heterocycles. The summed E-state index contributed by atoms with van der Waals surface area (Å²) in [5, 5.41) is 2.87. The summed E-state index contributed by atoms with van der Waals surface area (Å²) >= 11 is 0. The molecular weight excluding hydrogens is 204 g/mol. The van der Waals surface area contributed by atoms with E-state index in [0.29, 0.717) is 0 Å². The largest absolute Gasteiger partial charge is 0.379 e. The van der Waals surface area contributed by atoms with Crippen molar-refractivity contribution in [3.63, 3.8) is 0 Å². The van der Waals surface area contributed by atoms with Crippen LogP contribution in [0, 0.1) is 4.91 Å². The minimum absolute atomic E-state index is 0.262. The molecule has 1 aliphatic rings. The molecule has 0 amide bonds. The molecule has 16 heavy (non-hydrogen) atoms. The van der Waals surface area contributed by atoms with Gasteiger partial charge in [-0.1, -0.05) is 29.4 Å². The maximum Gasteiger partial charge on any atom is 0.106 e. The molecule has 0 radical (unpaired) electrons. The maximum atomic E-state index is 10.1. The Labute approximate surface area is 95.2 Å². The van der Waals surface area contributed by atoms with Gasteiger partial charge < -0.3 is 4.74 Å². The molecule has 4 heteroatoms. The van der Waals surface area contributed by atoms with E-state index in [-0.39, 0.29) is 6.54 Å². The average Bonchev–Trinajstić information content (AvgIpc) is 2.33. The molecule has 1 saturated heterocycles. The minimum Gasteiger partial charge on any atom is -0.379 e. The van der Waals surface area contributed by atoms with Crippen LogP contribution >= 0.6 is 0 Å². The Morgan fingerprint density at radius 3 is 2.38 bits per heavy atom. The second kappa shape index (κ2) is 5.72. The van der Waals surface area contributed by atoms with Crippen molar-refractivity contribution in [2.24, 2.45) is 5.18 Å². The molecule has 0 atom stereocenters. The van der Waals surface area contributed by atoms with Crippen LogP contribution in [0.4, 0.5) is 0 Å². The second-order valence-corrected chi connectivity index (χ2v) is 3.99. The quantitative estimate of drug-likeness (QED) is 0.726. The predicted octanol–water partition coefficient (Wildman–Crippen LogP) is 1.79. The first kappa shape index (κ1) is 11.2. The number of benzene rings is 1. The second-order valence-electron chi connectivity index (χ2n) is 3.99. The summed E-state index contributed by atoms with van der Waals surface area (Å²) in [6.07, 6.45) is 0. The van der Waals surface area contributed by atoms with Crippen LogP contribution in [-0.4, -0.2) is 31.2 Å². The Kier molecular flexibility index (Phi) is 4.02. The summed E-state index contributed by atoms with van der Waals surface area (Å²) in [5.74, 6) is 0. The lowest BCUT2D eigenvalue weighted by Gasteiger charge is -2.26. The number of rotatable bonds is 4. The van der Waals surface area contributed by atoms with Gasteiger partial charge in [0.05, 0.1) is 13.2 Å². The number of ether oxygens (including phenoxy) is 1. The Bertz CT molecular complexity index is 331. The summed E-state index contributed by atoms with van der Waals surface area (Å²) in [6.45, 7) is 4.87. The highest BCUT2D eigenvalue weighted by Crippen LogP contribution is 2.09. The highest BCUT2D eigenvalue weighted by molar-refractivity contribution is 5.22. The molecule has 1 aromatic rings. The Morgan fingerprint density at radius 2 is 1.75 bits per heavy atom. The van der Waals surface area contributed by atoms with E-state index in [1.165, 1.54) is 5.56 Å². The van der Waals surface area contributed by atoms with Crippen LogP contribution in [0.25, 0.3) is 0 Å². The van der Waals surface area contributed by atoms with Gasteiger partial charge in [-0.05, 0) is 11.1 Å². The lowest BCUT2D eigenvalue weighted by molar-refractivity contribution is 0.0342. The van der Waals surface area contributed by atoms with Gasteiger partial charge in [-0.2, -0.15) is 4.91 Å². The molecule has 1 fully saturated rings. The lowest BCUT2D eigenvalue weighted by Crippen LogP contribution is -2.35. The lowest BCUT2D eigenvalue weighted by atomic mass is 10.1. The fourth-order valence-corrected chi connectivity index (χ4v) is 1.84. The van der Waals surface area contributed by atoms with E-state index in [4.69, 9.17) is 4.74 Å². The summed E-state index contributed by atoms with van der Waals surface area (Å²) < 4.78 is 5.30. The summed E-state index contributed by atoms with van der Waals surface area (Å²) in [7, 11) is 0. The van der Waals surface area contributed by atoms with Crippen molar-refractivity contribution in [2.45, 2.75) is 13.1 Å². The number of hydrogen-bond acceptors (Lipinski definition) is 4. The molecule has 4 nitrogen and oxygen atoms in total. The monoisotopic (exact) mass is 220 g/mol. The minimum atomic E-state index is 0.262. The topological polar surface area (TPSA) is 41.9 Å². The van der Waals surface area contributed by atoms with Crippen LogP contribution in [0.5, 0.6) is 0 Å². The molecule has 0 aromatic heterocycles. The number of morpholine rings is 1. The molecule has 2 rings (SSSR count). The van der Waals surface area contributed by atoms with Crippen LogP contribution in [0.2, 0.25) is 0 Å². The summed E-state index contributed by atoms with van der Waals surface area (Å²) in [4.78, 5) is 12.5. The van der Waals surface area contributed by atoms with Crippen LogP contribution in [-0.2, 0) is 17.8 Å². The van der Waals surface area contributed by atoms with Crippen LogP contribution < -0.4 is 0 Å². The third kappa shape index (κ3) is 3.12. The zero-order valence-electron chi connectivity index (χ0n) is 9.26. The zero-order valence-corrected chi connectivity index (χ0v) is 9.26. The molecule has 86 valence electrons. The summed E-state index contributed by atoms with van der Waals surface area (Å²) in [6, 6.07) is 8.07. The van der Waals surface area contributed by atoms with Gasteiger partial charge in [-0.15, -0.1) is 0 Å². The zero-order chi connectivity index (χ0) is 11.2.